The predicted molar refractivity (Wildman–Crippen MR) is 73.0 cm³/mol. The van der Waals surface area contributed by atoms with Crippen LogP contribution in [0, 0.1) is 0 Å². The molecular weight excluding hydrogens is 242 g/mol. The summed E-state index contributed by atoms with van der Waals surface area (Å²) in [6.45, 7) is 5.29. The van der Waals surface area contributed by atoms with Gasteiger partial charge in [-0.1, -0.05) is 0 Å². The summed E-state index contributed by atoms with van der Waals surface area (Å²) >= 11 is 0. The van der Waals surface area contributed by atoms with Crippen LogP contribution in [0.3, 0.4) is 0 Å². The number of benzene rings is 1. The molecule has 2 N–H and O–H groups in total. The van der Waals surface area contributed by atoms with E-state index in [0.717, 1.165) is 38.4 Å². The number of carbonyl (C=O) groups excluding carboxylic acids is 2. The van der Waals surface area contributed by atoms with Gasteiger partial charge in [-0.2, -0.15) is 0 Å². The van der Waals surface area contributed by atoms with Gasteiger partial charge < -0.3 is 10.6 Å². The second kappa shape index (κ2) is 6.32. The maximum atomic E-state index is 10.8. The Labute approximate surface area is 111 Å². The van der Waals surface area contributed by atoms with E-state index in [4.69, 9.17) is 5.73 Å². The molecule has 0 aromatic heterocycles. The van der Waals surface area contributed by atoms with E-state index in [0.29, 0.717) is 6.54 Å². The van der Waals surface area contributed by atoms with Gasteiger partial charge in [0.05, 0.1) is 10.4 Å². The van der Waals surface area contributed by atoms with E-state index in [9.17, 15) is 9.59 Å². The molecule has 1 aromatic carbocycles. The molecule has 1 heterocycles. The van der Waals surface area contributed by atoms with Crippen molar-refractivity contribution in [1.82, 2.24) is 4.90 Å². The van der Waals surface area contributed by atoms with Gasteiger partial charge in [-0.25, -0.2) is 9.59 Å². The van der Waals surface area contributed by atoms with Crippen molar-refractivity contribution >= 4 is 17.6 Å². The molecule has 0 amide bonds. The maximum Gasteiger partial charge on any atom is 0.133 e. The quantitative estimate of drug-likeness (QED) is 0.666. The van der Waals surface area contributed by atoms with Crippen LogP contribution in [0.15, 0.2) is 18.2 Å². The Bertz CT molecular complexity index is 596. The Hall–Kier alpha value is -1.90. The fraction of sp³-hybridized carbons (Fsp3) is 0.429. The fourth-order valence-corrected chi connectivity index (χ4v) is 2.31. The predicted octanol–water partition coefficient (Wildman–Crippen LogP) is -2.23. The lowest BCUT2D eigenvalue weighted by Crippen LogP contribution is -2.48. The first-order valence-electron chi connectivity index (χ1n) is 6.36. The highest BCUT2D eigenvalue weighted by Crippen LogP contribution is 2.12. The Morgan fingerprint density at radius 2 is 1.74 bits per heavy atom. The molecule has 0 saturated carbocycles. The number of hydrogen-bond donors (Lipinski definition) is 1. The summed E-state index contributed by atoms with van der Waals surface area (Å²) in [5.41, 5.74) is 6.49. The zero-order valence-electron chi connectivity index (χ0n) is 10.8. The molecule has 0 radical (unpaired) electrons. The summed E-state index contributed by atoms with van der Waals surface area (Å²) in [6.07, 6.45) is 0. The molecule has 0 aliphatic carbocycles. The number of nitrogens with two attached hydrogens (primary N) is 1. The molecule has 1 aromatic rings. The topological polar surface area (TPSA) is 66.6 Å². The minimum absolute atomic E-state index is 0.264. The van der Waals surface area contributed by atoms with E-state index in [2.05, 4.69) is 9.80 Å². The van der Waals surface area contributed by atoms with Gasteiger partial charge in [-0.05, 0) is 18.2 Å². The molecule has 19 heavy (non-hydrogen) atoms. The molecule has 5 heteroatoms. The smallest absolute Gasteiger partial charge is 0.133 e. The van der Waals surface area contributed by atoms with Gasteiger partial charge in [-0.15, -0.1) is 0 Å². The third-order valence-corrected chi connectivity index (χ3v) is 3.41. The highest BCUT2D eigenvalue weighted by Gasteiger charge is 2.16. The van der Waals surface area contributed by atoms with E-state index in [-0.39, 0.29) is 10.4 Å². The number of anilines is 1. The van der Waals surface area contributed by atoms with E-state index in [1.165, 1.54) is 0 Å². The lowest BCUT2D eigenvalue weighted by Gasteiger charge is -2.35. The van der Waals surface area contributed by atoms with Crippen LogP contribution < -0.4 is 21.1 Å². The van der Waals surface area contributed by atoms with Crippen LogP contribution in [-0.2, 0) is 9.59 Å². The number of hydrogen-bond acceptors (Lipinski definition) is 5. The largest absolute Gasteiger partial charge is 0.369 e. The first kappa shape index (κ1) is 13.5. The number of piperazine rings is 1. The highest BCUT2D eigenvalue weighted by atomic mass is 16.1. The summed E-state index contributed by atoms with van der Waals surface area (Å²) in [5.74, 6) is 3.54. The molecular formula is C14H17N3O2. The Morgan fingerprint density at radius 1 is 1.05 bits per heavy atom. The second-order valence-corrected chi connectivity index (χ2v) is 4.55. The number of nitrogens with zero attached hydrogens (tertiary/aromatic N) is 2. The molecule has 1 fully saturated rings. The van der Waals surface area contributed by atoms with Crippen LogP contribution in [0.4, 0.5) is 5.69 Å². The van der Waals surface area contributed by atoms with Crippen molar-refractivity contribution in [2.45, 2.75) is 0 Å². The Kier molecular flexibility index (Phi) is 4.50. The van der Waals surface area contributed by atoms with Crippen molar-refractivity contribution in [1.29, 1.82) is 0 Å². The summed E-state index contributed by atoms with van der Waals surface area (Å²) < 4.78 is 0. The second-order valence-electron chi connectivity index (χ2n) is 4.55. The average Bonchev–Trinajstić information content (AvgIpc) is 2.47. The van der Waals surface area contributed by atoms with Crippen LogP contribution >= 0.6 is 0 Å². The Balaban J connectivity index is 2.17. The van der Waals surface area contributed by atoms with Crippen LogP contribution in [0.5, 0.6) is 0 Å². The molecule has 0 spiro atoms. The first-order valence-corrected chi connectivity index (χ1v) is 6.36. The van der Waals surface area contributed by atoms with Gasteiger partial charge in [-0.3, -0.25) is 4.90 Å². The van der Waals surface area contributed by atoms with Crippen LogP contribution in [0.25, 0.3) is 0 Å². The van der Waals surface area contributed by atoms with Crippen molar-refractivity contribution in [3.63, 3.8) is 0 Å². The minimum atomic E-state index is 0.264. The summed E-state index contributed by atoms with van der Waals surface area (Å²) in [4.78, 5) is 26.0. The third kappa shape index (κ3) is 3.11. The SMILES string of the molecule is NCCN1CCN(c2ccc(=C=O)c(=C=O)c2)CC1. The molecule has 100 valence electrons. The van der Waals surface area contributed by atoms with Crippen LogP contribution in [0.2, 0.25) is 0 Å². The highest BCUT2D eigenvalue weighted by molar-refractivity contribution is 5.59. The van der Waals surface area contributed by atoms with Crippen molar-refractivity contribution < 1.29 is 9.59 Å². The van der Waals surface area contributed by atoms with E-state index in [1.807, 2.05) is 6.07 Å². The maximum absolute atomic E-state index is 10.8. The number of rotatable bonds is 3. The first-order chi connectivity index (χ1) is 9.28. The lowest BCUT2D eigenvalue weighted by molar-refractivity contribution is 0.265. The fourth-order valence-electron chi connectivity index (χ4n) is 2.31. The normalized spacial score (nSPS) is 15.9. The summed E-state index contributed by atoms with van der Waals surface area (Å²) in [7, 11) is 0. The van der Waals surface area contributed by atoms with E-state index < -0.39 is 0 Å². The Morgan fingerprint density at radius 3 is 2.32 bits per heavy atom. The van der Waals surface area contributed by atoms with Gasteiger partial charge in [0.1, 0.15) is 11.9 Å². The van der Waals surface area contributed by atoms with Gasteiger partial charge in [0.25, 0.3) is 0 Å². The van der Waals surface area contributed by atoms with Crippen molar-refractivity contribution in [3.8, 4) is 0 Å². The zero-order chi connectivity index (χ0) is 13.7. The van der Waals surface area contributed by atoms with E-state index >= 15 is 0 Å². The minimum Gasteiger partial charge on any atom is -0.369 e. The van der Waals surface area contributed by atoms with Crippen molar-refractivity contribution in [2.24, 2.45) is 5.73 Å². The van der Waals surface area contributed by atoms with Gasteiger partial charge >= 0.3 is 0 Å². The molecule has 5 nitrogen and oxygen atoms in total. The third-order valence-electron chi connectivity index (χ3n) is 3.41. The molecule has 2 rings (SSSR count). The van der Waals surface area contributed by atoms with Gasteiger partial charge in [0.2, 0.25) is 0 Å². The standard InChI is InChI=1S/C14H17N3O2/c15-3-4-16-5-7-17(8-6-16)14-2-1-12(10-18)13(9-14)11-19/h1-2,9H,3-8,15H2. The summed E-state index contributed by atoms with van der Waals surface area (Å²) in [6, 6.07) is 5.17. The van der Waals surface area contributed by atoms with Crippen LogP contribution in [-0.4, -0.2) is 56.1 Å². The van der Waals surface area contributed by atoms with E-state index in [1.54, 1.807) is 24.0 Å². The average molecular weight is 259 g/mol. The molecule has 1 saturated heterocycles. The summed E-state index contributed by atoms with van der Waals surface area (Å²) in [5, 5.41) is 0.539. The molecule has 1 aliphatic heterocycles. The van der Waals surface area contributed by atoms with Gasteiger partial charge in [0.15, 0.2) is 0 Å². The molecule has 0 bridgehead atoms. The van der Waals surface area contributed by atoms with Gasteiger partial charge in [0, 0.05) is 45.0 Å². The van der Waals surface area contributed by atoms with Crippen molar-refractivity contribution in [2.75, 3.05) is 44.2 Å². The molecule has 0 atom stereocenters. The molecule has 1 aliphatic rings. The van der Waals surface area contributed by atoms with Crippen LogP contribution in [0.1, 0.15) is 0 Å². The lowest BCUT2D eigenvalue weighted by atomic mass is 10.2. The van der Waals surface area contributed by atoms with Crippen molar-refractivity contribution in [3.05, 3.63) is 28.6 Å². The molecule has 0 unspecified atom stereocenters. The monoisotopic (exact) mass is 259 g/mol. The zero-order valence-corrected chi connectivity index (χ0v) is 10.8.